The Bertz CT molecular complexity index is 2370. The van der Waals surface area contributed by atoms with Gasteiger partial charge >= 0.3 is 5.97 Å². The van der Waals surface area contributed by atoms with Gasteiger partial charge in [-0.05, 0) is 52.5 Å². The fourth-order valence-electron chi connectivity index (χ4n) is 7.53. The summed E-state index contributed by atoms with van der Waals surface area (Å²) in [6.07, 6.45) is 3.70. The highest BCUT2D eigenvalue weighted by atomic mass is 32.2. The molecule has 0 radical (unpaired) electrons. The Hall–Kier alpha value is -5.74. The fraction of sp³-hybridized carbons (Fsp3) is 0.327. The van der Waals surface area contributed by atoms with Crippen molar-refractivity contribution in [2.24, 2.45) is 10.6 Å². The highest BCUT2D eigenvalue weighted by molar-refractivity contribution is 8.00. The van der Waals surface area contributed by atoms with Crippen molar-refractivity contribution in [3.05, 3.63) is 161 Å². The van der Waals surface area contributed by atoms with Gasteiger partial charge in [0.15, 0.2) is 19.2 Å². The van der Waals surface area contributed by atoms with Gasteiger partial charge in [0.2, 0.25) is 5.91 Å². The summed E-state index contributed by atoms with van der Waals surface area (Å²) >= 11 is 2.74. The minimum Gasteiger partial charge on any atom is -0.497 e. The number of ether oxygens (including phenoxy) is 2. The monoisotopic (exact) mass is 917 g/mol. The van der Waals surface area contributed by atoms with E-state index in [9.17, 15) is 14.4 Å². The first-order chi connectivity index (χ1) is 30.7. The lowest BCUT2D eigenvalue weighted by Gasteiger charge is -2.53. The van der Waals surface area contributed by atoms with E-state index in [-0.39, 0.29) is 35.5 Å². The summed E-state index contributed by atoms with van der Waals surface area (Å²) in [5.74, 6) is -0.365. The topological polar surface area (TPSA) is 141 Å². The van der Waals surface area contributed by atoms with E-state index in [4.69, 9.17) is 23.7 Å². The lowest BCUT2D eigenvalue weighted by molar-refractivity contribution is -0.160. The Morgan fingerprint density at radius 2 is 1.50 bits per heavy atom. The zero-order valence-electron chi connectivity index (χ0n) is 37.2. The highest BCUT2D eigenvalue weighted by Crippen LogP contribution is 2.45. The summed E-state index contributed by atoms with van der Waals surface area (Å²) in [6, 6.07) is 36.9. The predicted octanol–water partition coefficient (Wildman–Crippen LogP) is 8.61. The second-order valence-electron chi connectivity index (χ2n) is 17.3. The van der Waals surface area contributed by atoms with Gasteiger partial charge in [0.25, 0.3) is 5.91 Å². The number of carbonyl (C=O) groups excluding carboxylic acids is 3. The summed E-state index contributed by atoms with van der Waals surface area (Å²) < 4.78 is 17.6. The smallest absolute Gasteiger partial charge is 0.318 e. The van der Waals surface area contributed by atoms with Gasteiger partial charge < -0.3 is 34.3 Å². The quantitative estimate of drug-likeness (QED) is 0.0177. The van der Waals surface area contributed by atoms with Crippen LogP contribution in [0.5, 0.6) is 5.75 Å². The first-order valence-electron chi connectivity index (χ1n) is 21.1. The molecule has 2 amide bonds. The normalized spacial score (nSPS) is 19.1. The van der Waals surface area contributed by atoms with E-state index in [0.717, 1.165) is 22.3 Å². The lowest BCUT2D eigenvalue weighted by atomic mass is 9.77. The number of benzene rings is 4. The molecule has 334 valence electrons. The molecular weight excluding hydrogens is 863 g/mol. The van der Waals surface area contributed by atoms with Crippen LogP contribution in [-0.2, 0) is 40.5 Å². The highest BCUT2D eigenvalue weighted by Gasteiger charge is 2.57. The van der Waals surface area contributed by atoms with Gasteiger partial charge in [-0.1, -0.05) is 141 Å². The number of nitrogens with zero attached hydrogens (tertiary/aromatic N) is 3. The second kappa shape index (κ2) is 19.6. The van der Waals surface area contributed by atoms with Crippen LogP contribution >= 0.6 is 23.1 Å². The van der Waals surface area contributed by atoms with Crippen LogP contribution in [0, 0.1) is 5.41 Å². The van der Waals surface area contributed by atoms with Gasteiger partial charge in [-0.15, -0.1) is 23.1 Å². The third-order valence-electron chi connectivity index (χ3n) is 12.2. The Balaban J connectivity index is 1.08. The van der Waals surface area contributed by atoms with Crippen molar-refractivity contribution in [1.29, 1.82) is 0 Å². The standard InChI is InChI=1S/C49H55N5O7S2Si/c1-47(2,3)64(6,7)61-29-17-28-48(45(57)60-30-34-24-26-38(58-4)27-25-34)32-54-43(56)41(44(54)63-33-48)51-42(55)40(53-59-5)39-31-62-46(50-39)52-49(35-18-11-8-12-19-35,36-20-13-9-14-21-36)37-22-15-10-16-23-37/h8-28,31,41,44H,29-30,32-33H2,1-7H3,(H,50,52)(H,51,55)/t41?,44-,48?/m1/s1. The molecule has 2 aliphatic rings. The number of β-lactam (4-membered cyclic amide) rings is 1. The van der Waals surface area contributed by atoms with E-state index in [1.54, 1.807) is 17.4 Å². The molecule has 15 heteroatoms. The van der Waals surface area contributed by atoms with Gasteiger partial charge in [-0.3, -0.25) is 14.4 Å². The van der Waals surface area contributed by atoms with Crippen molar-refractivity contribution in [2.45, 2.75) is 62.5 Å². The molecule has 3 atom stereocenters. The Kier molecular flexibility index (Phi) is 14.1. The third-order valence-corrected chi connectivity index (χ3v) is 19.0. The molecule has 1 aromatic heterocycles. The minimum absolute atomic E-state index is 0.0126. The van der Waals surface area contributed by atoms with Crippen molar-refractivity contribution in [1.82, 2.24) is 15.2 Å². The van der Waals surface area contributed by atoms with Crippen LogP contribution in [0.25, 0.3) is 0 Å². The summed E-state index contributed by atoms with van der Waals surface area (Å²) in [5.41, 5.74) is 2.00. The van der Waals surface area contributed by atoms with Crippen molar-refractivity contribution in [3.63, 3.8) is 0 Å². The van der Waals surface area contributed by atoms with Crippen molar-refractivity contribution in [3.8, 4) is 5.75 Å². The molecule has 2 fully saturated rings. The molecule has 5 aromatic rings. The van der Waals surface area contributed by atoms with Gasteiger partial charge in [-0.2, -0.15) is 0 Å². The summed E-state index contributed by atoms with van der Waals surface area (Å²) in [6.45, 7) is 11.3. The molecule has 0 bridgehead atoms. The van der Waals surface area contributed by atoms with Gasteiger partial charge in [0, 0.05) is 17.7 Å². The molecular formula is C49H55N5O7S2Si. The average Bonchev–Trinajstić information content (AvgIpc) is 3.78. The van der Waals surface area contributed by atoms with Gasteiger partial charge in [-0.25, -0.2) is 4.98 Å². The maximum absolute atomic E-state index is 14.1. The van der Waals surface area contributed by atoms with Crippen LogP contribution in [0.3, 0.4) is 0 Å². The Morgan fingerprint density at radius 1 is 0.906 bits per heavy atom. The summed E-state index contributed by atoms with van der Waals surface area (Å²) in [5, 5.41) is 12.6. The number of rotatable bonds is 17. The number of esters is 1. The lowest BCUT2D eigenvalue weighted by Crippen LogP contribution is -2.74. The molecule has 64 heavy (non-hydrogen) atoms. The molecule has 2 N–H and O–H groups in total. The van der Waals surface area contributed by atoms with E-state index in [1.165, 1.54) is 30.2 Å². The maximum atomic E-state index is 14.1. The predicted molar refractivity (Wildman–Crippen MR) is 256 cm³/mol. The molecule has 4 aromatic carbocycles. The van der Waals surface area contributed by atoms with Crippen molar-refractivity contribution in [2.75, 3.05) is 38.4 Å². The molecule has 2 saturated heterocycles. The van der Waals surface area contributed by atoms with Crippen LogP contribution in [0.4, 0.5) is 5.13 Å². The fourth-order valence-corrected chi connectivity index (χ4v) is 10.7. The first kappa shape index (κ1) is 46.3. The first-order valence-corrected chi connectivity index (χ1v) is 25.9. The van der Waals surface area contributed by atoms with Crippen LogP contribution in [0.1, 0.15) is 48.7 Å². The number of hydrogen-bond donors (Lipinski definition) is 2. The second-order valence-corrected chi connectivity index (χ2v) is 24.1. The number of nitrogens with one attached hydrogen (secondary N) is 2. The zero-order chi connectivity index (χ0) is 45.5. The van der Waals surface area contributed by atoms with Crippen LogP contribution in [0.15, 0.2) is 138 Å². The van der Waals surface area contributed by atoms with Gasteiger partial charge in [0.05, 0.1) is 13.7 Å². The third kappa shape index (κ3) is 9.67. The molecule has 0 saturated carbocycles. The number of methoxy groups -OCH3 is 1. The molecule has 2 aliphatic heterocycles. The average molecular weight is 918 g/mol. The van der Waals surface area contributed by atoms with E-state index >= 15 is 0 Å². The maximum Gasteiger partial charge on any atom is 0.318 e. The zero-order valence-corrected chi connectivity index (χ0v) is 39.8. The molecule has 3 heterocycles. The molecule has 0 spiro atoms. The largest absolute Gasteiger partial charge is 0.497 e. The van der Waals surface area contributed by atoms with Crippen LogP contribution < -0.4 is 15.4 Å². The SMILES string of the molecule is CON=C(C(=O)NC1C(=O)N2CC(C=CCO[Si](C)(C)C(C)(C)C)(C(=O)OCc3ccc(OC)cc3)CS[C@H]12)c1csc(NC(c2ccccc2)(c2ccccc2)c2ccccc2)n1. The van der Waals surface area contributed by atoms with E-state index in [1.807, 2.05) is 91.0 Å². The molecule has 7 rings (SSSR count). The van der Waals surface area contributed by atoms with Crippen molar-refractivity contribution < 1.29 is 33.1 Å². The number of thiazole rings is 1. The number of carbonyl (C=O) groups is 3. The molecule has 12 nitrogen and oxygen atoms in total. The number of amides is 2. The number of fused-ring (bicyclic) bond motifs is 1. The number of thioether (sulfide) groups is 1. The van der Waals surface area contributed by atoms with Crippen molar-refractivity contribution >= 4 is 60.0 Å². The van der Waals surface area contributed by atoms with E-state index in [0.29, 0.717) is 23.2 Å². The Labute approximate surface area is 384 Å². The minimum atomic E-state index is -2.07. The molecule has 2 unspecified atom stereocenters. The number of hydrogen-bond acceptors (Lipinski definition) is 12. The van der Waals surface area contributed by atoms with Gasteiger partial charge in [0.1, 0.15) is 47.5 Å². The van der Waals surface area contributed by atoms with E-state index < -0.39 is 42.6 Å². The summed E-state index contributed by atoms with van der Waals surface area (Å²) in [7, 11) is 0.886. The number of oxime groups is 1. The molecule has 0 aliphatic carbocycles. The Morgan fingerprint density at radius 3 is 2.05 bits per heavy atom. The number of anilines is 1. The number of aromatic nitrogens is 1. The van der Waals surface area contributed by atoms with Crippen LogP contribution in [0.2, 0.25) is 18.1 Å². The summed E-state index contributed by atoms with van der Waals surface area (Å²) in [4.78, 5) is 53.7. The van der Waals surface area contributed by atoms with E-state index in [2.05, 4.69) is 86.1 Å². The van der Waals surface area contributed by atoms with Crippen LogP contribution in [-0.4, -0.2) is 86.2 Å².